The van der Waals surface area contributed by atoms with Crippen LogP contribution in [0, 0.1) is 0 Å². The van der Waals surface area contributed by atoms with Gasteiger partial charge in [0, 0.05) is 40.9 Å². The van der Waals surface area contributed by atoms with E-state index < -0.39 is 0 Å². The molecule has 0 radical (unpaired) electrons. The Morgan fingerprint density at radius 3 is 1.38 bits per heavy atom. The summed E-state index contributed by atoms with van der Waals surface area (Å²) in [5, 5.41) is 21.5. The molecule has 0 saturated heterocycles. The van der Waals surface area contributed by atoms with Gasteiger partial charge in [0.05, 0.1) is 12.1 Å². The van der Waals surface area contributed by atoms with Gasteiger partial charge in [0.2, 0.25) is 0 Å². The average molecular weight is 567 g/mol. The van der Waals surface area contributed by atoms with Crippen molar-refractivity contribution in [3.05, 3.63) is 58.7 Å². The number of benzene rings is 2. The Morgan fingerprint density at radius 1 is 0.706 bits per heavy atom. The average Bonchev–Trinajstić information content (AvgIpc) is 2.71. The van der Waals surface area contributed by atoms with Gasteiger partial charge in [-0.1, -0.05) is 78.6 Å². The summed E-state index contributed by atoms with van der Waals surface area (Å²) in [5.74, 6) is 0.618. The molecule has 0 heterocycles. The first-order valence-corrected chi connectivity index (χ1v) is 11.7. The van der Waals surface area contributed by atoms with Gasteiger partial charge in [0.15, 0.2) is 0 Å². The number of hydrogen-bond acceptors (Lipinski definition) is 4. The summed E-state index contributed by atoms with van der Waals surface area (Å²) in [6, 6.07) is 11.9. The third kappa shape index (κ3) is 7.44. The largest absolute Gasteiger partial charge is 1.00 e. The van der Waals surface area contributed by atoms with Crippen LogP contribution in [0.5, 0.6) is 11.5 Å². The maximum atomic E-state index is 10.7. The molecule has 0 aliphatic heterocycles. The molecule has 1 saturated carbocycles. The van der Waals surface area contributed by atoms with Crippen LogP contribution in [0.15, 0.2) is 46.4 Å². The summed E-state index contributed by atoms with van der Waals surface area (Å²) in [6.45, 7) is 12.6. The molecule has 2 atom stereocenters. The number of hydrogen-bond donors (Lipinski definition) is 2. The molecule has 1 aliphatic rings. The van der Waals surface area contributed by atoms with E-state index in [0.29, 0.717) is 11.5 Å². The van der Waals surface area contributed by atoms with Crippen LogP contribution in [0.4, 0.5) is 0 Å². The van der Waals surface area contributed by atoms with E-state index in [0.717, 1.165) is 47.9 Å². The number of para-hydroxylation sites is 2. The number of aliphatic imine (C=N–C) groups is 2. The summed E-state index contributed by atoms with van der Waals surface area (Å²) < 4.78 is 0. The summed E-state index contributed by atoms with van der Waals surface area (Å²) in [4.78, 5) is 9.70. The molecule has 2 aromatic carbocycles. The first-order chi connectivity index (χ1) is 15.0. The van der Waals surface area contributed by atoms with Crippen molar-refractivity contribution >= 4 is 12.4 Å². The molecule has 0 aromatic heterocycles. The van der Waals surface area contributed by atoms with Crippen LogP contribution in [-0.2, 0) is 28.2 Å². The molecule has 0 amide bonds. The number of halogens is 1. The summed E-state index contributed by atoms with van der Waals surface area (Å²) in [6.07, 6.45) is 7.83. The molecular formula is C28H38BrCrN2O2-. The molecule has 3 rings (SSSR count). The second-order valence-corrected chi connectivity index (χ2v) is 11.0. The summed E-state index contributed by atoms with van der Waals surface area (Å²) >= 11 is 0. The molecule has 1 aliphatic carbocycles. The van der Waals surface area contributed by atoms with Crippen molar-refractivity contribution < 1.29 is 44.6 Å². The van der Waals surface area contributed by atoms with E-state index in [1.54, 1.807) is 12.4 Å². The SMILES string of the molecule is CC(C)(C)c1cccc(C=N[C@@H]2CCCC[C@H]2N=Cc2cccc(C(C)(C)C)c2O)c1O.[Br-].[Cr]. The molecule has 0 bridgehead atoms. The minimum Gasteiger partial charge on any atom is -1.00 e. The van der Waals surface area contributed by atoms with Gasteiger partial charge in [-0.2, -0.15) is 0 Å². The Hall–Kier alpha value is -1.61. The van der Waals surface area contributed by atoms with Gasteiger partial charge in [-0.05, 0) is 46.9 Å². The van der Waals surface area contributed by atoms with Crippen LogP contribution in [-0.4, -0.2) is 34.7 Å². The fraction of sp³-hybridized carbons (Fsp3) is 0.500. The van der Waals surface area contributed by atoms with Crippen molar-refractivity contribution in [1.82, 2.24) is 0 Å². The van der Waals surface area contributed by atoms with Crippen LogP contribution >= 0.6 is 0 Å². The molecule has 34 heavy (non-hydrogen) atoms. The molecule has 2 aromatic rings. The third-order valence-corrected chi connectivity index (χ3v) is 6.25. The normalized spacial score (nSPS) is 19.1. The monoisotopic (exact) mass is 565 g/mol. The standard InChI is InChI=1S/C28H38N2O2.BrH.Cr/c1-27(2,3)21-13-9-11-19(25(21)31)17-29-23-15-7-8-16-24(23)30-18-20-12-10-14-22(26(20)32)28(4,5)6;;/h9-14,17-18,23-24,31-32H,7-8,15-16H2,1-6H3;1H;/p-1/t23-,24-;;/m1../s1. The van der Waals surface area contributed by atoms with Crippen molar-refractivity contribution in [1.29, 1.82) is 0 Å². The first-order valence-electron chi connectivity index (χ1n) is 11.7. The van der Waals surface area contributed by atoms with E-state index in [4.69, 9.17) is 9.98 Å². The van der Waals surface area contributed by atoms with Gasteiger partial charge in [-0.15, -0.1) is 0 Å². The van der Waals surface area contributed by atoms with Crippen molar-refractivity contribution in [2.45, 2.75) is 90.1 Å². The van der Waals surface area contributed by atoms with E-state index >= 15 is 0 Å². The zero-order valence-electron chi connectivity index (χ0n) is 21.2. The quantitative estimate of drug-likeness (QED) is 0.557. The minimum atomic E-state index is -0.130. The van der Waals surface area contributed by atoms with Crippen LogP contribution in [0.3, 0.4) is 0 Å². The van der Waals surface area contributed by atoms with E-state index in [1.807, 2.05) is 36.4 Å². The van der Waals surface area contributed by atoms with E-state index in [-0.39, 0.29) is 57.3 Å². The molecular weight excluding hydrogens is 528 g/mol. The van der Waals surface area contributed by atoms with Gasteiger partial charge in [-0.25, -0.2) is 0 Å². The Balaban J connectivity index is 0.00000289. The van der Waals surface area contributed by atoms with Crippen molar-refractivity contribution in [2.75, 3.05) is 0 Å². The predicted molar refractivity (Wildman–Crippen MR) is 135 cm³/mol. The molecule has 0 spiro atoms. The van der Waals surface area contributed by atoms with Gasteiger partial charge >= 0.3 is 0 Å². The van der Waals surface area contributed by atoms with Crippen LogP contribution in [0.2, 0.25) is 0 Å². The fourth-order valence-corrected chi connectivity index (χ4v) is 4.33. The minimum absolute atomic E-state index is 0. The van der Waals surface area contributed by atoms with E-state index in [2.05, 4.69) is 41.5 Å². The number of phenolic OH excluding ortho intramolecular Hbond substituents is 2. The van der Waals surface area contributed by atoms with Gasteiger partial charge in [0.1, 0.15) is 11.5 Å². The maximum absolute atomic E-state index is 10.7. The van der Waals surface area contributed by atoms with Crippen molar-refractivity contribution in [3.63, 3.8) is 0 Å². The van der Waals surface area contributed by atoms with E-state index in [9.17, 15) is 10.2 Å². The first kappa shape index (κ1) is 30.4. The van der Waals surface area contributed by atoms with Gasteiger partial charge in [-0.3, -0.25) is 9.98 Å². The summed E-state index contributed by atoms with van der Waals surface area (Å²) in [5.41, 5.74) is 3.09. The predicted octanol–water partition coefficient (Wildman–Crippen LogP) is 3.54. The number of aromatic hydroxyl groups is 2. The molecule has 4 nitrogen and oxygen atoms in total. The molecule has 1 fully saturated rings. The van der Waals surface area contributed by atoms with Gasteiger partial charge in [0.25, 0.3) is 0 Å². The molecule has 186 valence electrons. The number of nitrogens with zero attached hydrogens (tertiary/aromatic N) is 2. The van der Waals surface area contributed by atoms with Crippen LogP contribution in [0.1, 0.15) is 89.5 Å². The third-order valence-electron chi connectivity index (χ3n) is 6.25. The van der Waals surface area contributed by atoms with Crippen molar-refractivity contribution in [2.24, 2.45) is 9.98 Å². The zero-order chi connectivity index (χ0) is 23.5. The van der Waals surface area contributed by atoms with Crippen molar-refractivity contribution in [3.8, 4) is 11.5 Å². The molecule has 0 unspecified atom stereocenters. The molecule has 6 heteroatoms. The molecule has 2 N–H and O–H groups in total. The topological polar surface area (TPSA) is 65.2 Å². The fourth-order valence-electron chi connectivity index (χ4n) is 4.33. The van der Waals surface area contributed by atoms with E-state index in [1.165, 1.54) is 0 Å². The maximum Gasteiger partial charge on any atom is 0.128 e. The number of phenols is 2. The number of rotatable bonds is 4. The Morgan fingerprint density at radius 2 is 1.06 bits per heavy atom. The van der Waals surface area contributed by atoms with Gasteiger partial charge < -0.3 is 27.2 Å². The Bertz CT molecular complexity index is 925. The van der Waals surface area contributed by atoms with Crippen LogP contribution in [0.25, 0.3) is 0 Å². The van der Waals surface area contributed by atoms with Crippen LogP contribution < -0.4 is 17.0 Å². The smallest absolute Gasteiger partial charge is 0.128 e. The second-order valence-electron chi connectivity index (χ2n) is 11.0. The zero-order valence-corrected chi connectivity index (χ0v) is 24.0. The summed E-state index contributed by atoms with van der Waals surface area (Å²) in [7, 11) is 0. The Labute approximate surface area is 226 Å². The Kier molecular flexibility index (Phi) is 11.1. The second kappa shape index (κ2) is 12.4.